The number of benzene rings is 1. The second-order valence-corrected chi connectivity index (χ2v) is 7.80. The Bertz CT molecular complexity index is 944. The van der Waals surface area contributed by atoms with Gasteiger partial charge in [-0.15, -0.1) is 0 Å². The van der Waals surface area contributed by atoms with E-state index < -0.39 is 0 Å². The lowest BCUT2D eigenvalue weighted by atomic mass is 10.2. The van der Waals surface area contributed by atoms with Crippen LogP contribution in [0.4, 0.5) is 10.5 Å². The van der Waals surface area contributed by atoms with E-state index in [0.29, 0.717) is 23.9 Å². The fourth-order valence-electron chi connectivity index (χ4n) is 3.59. The van der Waals surface area contributed by atoms with Gasteiger partial charge in [0.2, 0.25) is 0 Å². The molecule has 0 saturated carbocycles. The second-order valence-electron chi connectivity index (χ2n) is 7.80. The van der Waals surface area contributed by atoms with E-state index in [9.17, 15) is 4.79 Å². The number of anilines is 1. The molecule has 8 heteroatoms. The summed E-state index contributed by atoms with van der Waals surface area (Å²) < 4.78 is 10.9. The molecule has 2 N–H and O–H groups in total. The average Bonchev–Trinajstić information content (AvgIpc) is 3.51. The summed E-state index contributed by atoms with van der Waals surface area (Å²) in [6.07, 6.45) is 4.02. The average molecular weight is 409 g/mol. The standard InChI is InChI=1S/C22H27N5O3/c1-15(2)20-25-21(30-26-20)16-7-9-17(10-8-16)24-22(28)23-14-18(19-6-5-13-29-19)27-11-3-4-12-27/h5-10,13,15,18H,3-4,11-12,14H2,1-2H3,(H2,23,24,28). The van der Waals surface area contributed by atoms with Gasteiger partial charge in [-0.1, -0.05) is 19.0 Å². The molecule has 2 aromatic heterocycles. The van der Waals surface area contributed by atoms with Gasteiger partial charge in [0.25, 0.3) is 5.89 Å². The summed E-state index contributed by atoms with van der Waals surface area (Å²) >= 11 is 0. The van der Waals surface area contributed by atoms with Crippen molar-refractivity contribution in [3.63, 3.8) is 0 Å². The molecule has 1 aliphatic rings. The summed E-state index contributed by atoms with van der Waals surface area (Å²) in [6, 6.07) is 11.0. The Kier molecular flexibility index (Phi) is 6.13. The highest BCUT2D eigenvalue weighted by molar-refractivity contribution is 5.89. The van der Waals surface area contributed by atoms with E-state index in [4.69, 9.17) is 8.94 Å². The minimum atomic E-state index is -0.251. The van der Waals surface area contributed by atoms with E-state index in [2.05, 4.69) is 25.7 Å². The second kappa shape index (κ2) is 9.13. The van der Waals surface area contributed by atoms with Crippen LogP contribution in [0.25, 0.3) is 11.5 Å². The number of rotatable bonds is 7. The predicted molar refractivity (Wildman–Crippen MR) is 113 cm³/mol. The Morgan fingerprint density at radius 3 is 2.57 bits per heavy atom. The fourth-order valence-corrected chi connectivity index (χ4v) is 3.59. The van der Waals surface area contributed by atoms with E-state index in [1.54, 1.807) is 6.26 Å². The number of urea groups is 1. The zero-order chi connectivity index (χ0) is 20.9. The molecular weight excluding hydrogens is 382 g/mol. The first-order valence-corrected chi connectivity index (χ1v) is 10.4. The van der Waals surface area contributed by atoms with Gasteiger partial charge in [-0.25, -0.2) is 4.79 Å². The summed E-state index contributed by atoms with van der Waals surface area (Å²) in [7, 11) is 0. The molecule has 3 aromatic rings. The highest BCUT2D eigenvalue weighted by Crippen LogP contribution is 2.25. The Morgan fingerprint density at radius 1 is 1.17 bits per heavy atom. The highest BCUT2D eigenvalue weighted by Gasteiger charge is 2.25. The summed E-state index contributed by atoms with van der Waals surface area (Å²) in [6.45, 7) is 6.55. The molecule has 0 radical (unpaired) electrons. The van der Waals surface area contributed by atoms with Crippen LogP contribution in [0.1, 0.15) is 50.2 Å². The molecule has 1 saturated heterocycles. The summed E-state index contributed by atoms with van der Waals surface area (Å²) in [4.78, 5) is 19.2. The number of nitrogens with zero attached hydrogens (tertiary/aromatic N) is 3. The maximum atomic E-state index is 12.4. The molecule has 4 rings (SSSR count). The molecule has 1 aliphatic heterocycles. The molecule has 30 heavy (non-hydrogen) atoms. The van der Waals surface area contributed by atoms with Gasteiger partial charge in [0, 0.05) is 23.7 Å². The minimum Gasteiger partial charge on any atom is -0.468 e. The number of hydrogen-bond donors (Lipinski definition) is 2. The van der Waals surface area contributed by atoms with Crippen molar-refractivity contribution in [2.45, 2.75) is 38.6 Å². The fraction of sp³-hybridized carbons (Fsp3) is 0.409. The lowest BCUT2D eigenvalue weighted by molar-refractivity contribution is 0.207. The number of nitrogens with one attached hydrogen (secondary N) is 2. The van der Waals surface area contributed by atoms with Crippen LogP contribution < -0.4 is 10.6 Å². The van der Waals surface area contributed by atoms with Gasteiger partial charge in [0.15, 0.2) is 5.82 Å². The molecule has 3 heterocycles. The third-order valence-corrected chi connectivity index (χ3v) is 5.26. The quantitative estimate of drug-likeness (QED) is 0.600. The molecule has 1 fully saturated rings. The lowest BCUT2D eigenvalue weighted by Gasteiger charge is -2.26. The van der Waals surface area contributed by atoms with Gasteiger partial charge >= 0.3 is 6.03 Å². The molecule has 158 valence electrons. The van der Waals surface area contributed by atoms with Crippen molar-refractivity contribution in [1.82, 2.24) is 20.4 Å². The van der Waals surface area contributed by atoms with Crippen molar-refractivity contribution in [2.24, 2.45) is 0 Å². The number of amides is 2. The zero-order valence-electron chi connectivity index (χ0n) is 17.3. The Hall–Kier alpha value is -3.13. The van der Waals surface area contributed by atoms with E-state index in [-0.39, 0.29) is 18.0 Å². The smallest absolute Gasteiger partial charge is 0.319 e. The number of furan rings is 1. The zero-order valence-corrected chi connectivity index (χ0v) is 17.3. The molecule has 0 spiro atoms. The molecule has 0 bridgehead atoms. The molecule has 0 aliphatic carbocycles. The van der Waals surface area contributed by atoms with Crippen LogP contribution in [0.3, 0.4) is 0 Å². The lowest BCUT2D eigenvalue weighted by Crippen LogP contribution is -2.38. The number of likely N-dealkylation sites (tertiary alicyclic amines) is 1. The molecule has 1 aromatic carbocycles. The van der Waals surface area contributed by atoms with Gasteiger partial charge < -0.3 is 19.6 Å². The van der Waals surface area contributed by atoms with Crippen molar-refractivity contribution in [2.75, 3.05) is 25.0 Å². The van der Waals surface area contributed by atoms with Crippen LogP contribution in [0.5, 0.6) is 0 Å². The van der Waals surface area contributed by atoms with Crippen LogP contribution >= 0.6 is 0 Å². The third kappa shape index (κ3) is 4.71. The highest BCUT2D eigenvalue weighted by atomic mass is 16.5. The van der Waals surface area contributed by atoms with Crippen molar-refractivity contribution < 1.29 is 13.7 Å². The van der Waals surface area contributed by atoms with Crippen LogP contribution in [0, 0.1) is 0 Å². The van der Waals surface area contributed by atoms with Gasteiger partial charge in [-0.3, -0.25) is 4.90 Å². The monoisotopic (exact) mass is 409 g/mol. The summed E-state index contributed by atoms with van der Waals surface area (Å²) in [5.41, 5.74) is 1.50. The first-order chi connectivity index (χ1) is 14.6. The van der Waals surface area contributed by atoms with Crippen LogP contribution in [-0.2, 0) is 0 Å². The first kappa shape index (κ1) is 20.2. The largest absolute Gasteiger partial charge is 0.468 e. The molecule has 8 nitrogen and oxygen atoms in total. The predicted octanol–water partition coefficient (Wildman–Crippen LogP) is 4.41. The van der Waals surface area contributed by atoms with Crippen LogP contribution in [-0.4, -0.2) is 40.7 Å². The Labute approximate surface area is 175 Å². The molecular formula is C22H27N5O3. The third-order valence-electron chi connectivity index (χ3n) is 5.26. The molecule has 1 unspecified atom stereocenters. The molecule has 1 atom stereocenters. The van der Waals surface area contributed by atoms with Crippen LogP contribution in [0.2, 0.25) is 0 Å². The number of aromatic nitrogens is 2. The van der Waals surface area contributed by atoms with Gasteiger partial charge in [0.05, 0.1) is 12.3 Å². The topological polar surface area (TPSA) is 96.4 Å². The number of carbonyl (C=O) groups is 1. The maximum absolute atomic E-state index is 12.4. The van der Waals surface area contributed by atoms with Crippen molar-refractivity contribution >= 4 is 11.7 Å². The maximum Gasteiger partial charge on any atom is 0.319 e. The Balaban J connectivity index is 1.34. The van der Waals surface area contributed by atoms with Crippen LogP contribution in [0.15, 0.2) is 51.6 Å². The van der Waals surface area contributed by atoms with E-state index in [1.165, 1.54) is 12.8 Å². The molecule has 2 amide bonds. The number of carbonyl (C=O) groups excluding carboxylic acids is 1. The van der Waals surface area contributed by atoms with E-state index in [1.807, 2.05) is 50.2 Å². The summed E-state index contributed by atoms with van der Waals surface area (Å²) in [5.74, 6) is 2.23. The van der Waals surface area contributed by atoms with Gasteiger partial charge in [0.1, 0.15) is 5.76 Å². The minimum absolute atomic E-state index is 0.0447. The van der Waals surface area contributed by atoms with Gasteiger partial charge in [-0.2, -0.15) is 4.98 Å². The van der Waals surface area contributed by atoms with E-state index in [0.717, 1.165) is 24.4 Å². The van der Waals surface area contributed by atoms with Crippen molar-refractivity contribution in [3.8, 4) is 11.5 Å². The van der Waals surface area contributed by atoms with Gasteiger partial charge in [-0.05, 0) is 62.3 Å². The van der Waals surface area contributed by atoms with Crippen molar-refractivity contribution in [1.29, 1.82) is 0 Å². The SMILES string of the molecule is CC(C)c1noc(-c2ccc(NC(=O)NCC(c3ccco3)N3CCCC3)cc2)n1. The Morgan fingerprint density at radius 2 is 1.93 bits per heavy atom. The summed E-state index contributed by atoms with van der Waals surface area (Å²) in [5, 5.41) is 9.82. The normalized spacial score (nSPS) is 15.4. The first-order valence-electron chi connectivity index (χ1n) is 10.4. The van der Waals surface area contributed by atoms with E-state index >= 15 is 0 Å². The number of hydrogen-bond acceptors (Lipinski definition) is 6. The van der Waals surface area contributed by atoms with Crippen molar-refractivity contribution in [3.05, 3.63) is 54.2 Å².